The first-order valence-corrected chi connectivity index (χ1v) is 13.1. The number of aliphatic imine (C=N–C) groups is 1. The van der Waals surface area contributed by atoms with Crippen molar-refractivity contribution in [3.05, 3.63) is 65.4 Å². The van der Waals surface area contributed by atoms with Crippen molar-refractivity contribution in [1.82, 2.24) is 5.32 Å². The number of carbonyl (C=O) groups is 3. The van der Waals surface area contributed by atoms with E-state index in [4.69, 9.17) is 4.99 Å². The molecule has 5 rings (SSSR count). The number of carbonyl (C=O) groups excluding carboxylic acids is 3. The van der Waals surface area contributed by atoms with Gasteiger partial charge in [0.15, 0.2) is 0 Å². The summed E-state index contributed by atoms with van der Waals surface area (Å²) in [7, 11) is 1.72. The number of aliphatic hydroxyl groups excluding tert-OH is 1. The Morgan fingerprint density at radius 3 is 2.64 bits per heavy atom. The molecule has 1 saturated carbocycles. The van der Waals surface area contributed by atoms with E-state index in [0.717, 1.165) is 55.1 Å². The third kappa shape index (κ3) is 4.39. The summed E-state index contributed by atoms with van der Waals surface area (Å²) in [5.41, 5.74) is 1.34. The molecule has 0 bridgehead atoms. The lowest BCUT2D eigenvalue weighted by molar-refractivity contribution is -0.126. The molecule has 3 N–H and O–H groups in total. The maximum atomic E-state index is 13.9. The fourth-order valence-electron chi connectivity index (χ4n) is 5.25. The number of likely N-dealkylation sites (N-methyl/N-ethyl adjacent to an activating group) is 1. The van der Waals surface area contributed by atoms with Gasteiger partial charge in [-0.15, -0.1) is 0 Å². The number of urea groups is 1. The molecule has 8 nitrogen and oxygen atoms in total. The van der Waals surface area contributed by atoms with Crippen LogP contribution in [0.4, 0.5) is 16.2 Å². The Morgan fingerprint density at radius 2 is 1.89 bits per heavy atom. The largest absolute Gasteiger partial charge is 0.511 e. The van der Waals surface area contributed by atoms with Gasteiger partial charge in [0.2, 0.25) is 10.8 Å². The van der Waals surface area contributed by atoms with E-state index in [0.29, 0.717) is 11.3 Å². The summed E-state index contributed by atoms with van der Waals surface area (Å²) in [4.78, 5) is 45.8. The lowest BCUT2D eigenvalue weighted by atomic mass is 9.79. The van der Waals surface area contributed by atoms with Gasteiger partial charge >= 0.3 is 6.03 Å². The van der Waals surface area contributed by atoms with Crippen molar-refractivity contribution in [2.75, 3.05) is 23.0 Å². The molecular formula is C27H28N4O4S. The van der Waals surface area contributed by atoms with Crippen LogP contribution in [-0.2, 0) is 9.59 Å². The van der Waals surface area contributed by atoms with Gasteiger partial charge in [-0.25, -0.2) is 4.79 Å². The highest BCUT2D eigenvalue weighted by Crippen LogP contribution is 2.38. The second kappa shape index (κ2) is 9.81. The summed E-state index contributed by atoms with van der Waals surface area (Å²) in [5, 5.41) is 15.7. The Labute approximate surface area is 213 Å². The minimum absolute atomic E-state index is 0.0313. The number of thioether (sulfide) groups is 1. The topological polar surface area (TPSA) is 111 Å². The van der Waals surface area contributed by atoms with E-state index in [1.54, 1.807) is 42.4 Å². The van der Waals surface area contributed by atoms with Gasteiger partial charge in [0.1, 0.15) is 5.76 Å². The normalized spacial score (nSPS) is 22.4. The number of nitrogens with one attached hydrogen (secondary N) is 2. The molecule has 36 heavy (non-hydrogen) atoms. The van der Waals surface area contributed by atoms with Gasteiger partial charge in [-0.05, 0) is 36.6 Å². The highest BCUT2D eigenvalue weighted by molar-refractivity contribution is 8.15. The third-order valence-electron chi connectivity index (χ3n) is 7.08. The van der Waals surface area contributed by atoms with E-state index >= 15 is 0 Å². The number of benzene rings is 2. The minimum Gasteiger partial charge on any atom is -0.511 e. The average Bonchev–Trinajstić information content (AvgIpc) is 3.19. The second-order valence-corrected chi connectivity index (χ2v) is 10.3. The van der Waals surface area contributed by atoms with E-state index < -0.39 is 11.7 Å². The summed E-state index contributed by atoms with van der Waals surface area (Å²) < 4.78 is 0. The standard InChI is InChI=1S/C27H28N4O4S/c1-31-21-13-6-5-8-18(21)15-28-27(25(31)34,19-10-3-2-4-11-19)30-26(35)29-20-12-7-9-17(14-20)23-22(32)16-36-24(23)33/h5-9,12-15,19,32H,2-4,10-11,16H2,1H3,(H2,29,30,35). The zero-order chi connectivity index (χ0) is 25.3. The quantitative estimate of drug-likeness (QED) is 0.558. The number of amides is 3. The van der Waals surface area contributed by atoms with Crippen molar-refractivity contribution in [1.29, 1.82) is 0 Å². The van der Waals surface area contributed by atoms with Crippen molar-refractivity contribution in [3.63, 3.8) is 0 Å². The maximum absolute atomic E-state index is 13.9. The Balaban J connectivity index is 1.44. The molecule has 2 aliphatic heterocycles. The van der Waals surface area contributed by atoms with Crippen LogP contribution in [0.5, 0.6) is 0 Å². The van der Waals surface area contributed by atoms with Gasteiger partial charge in [-0.2, -0.15) is 0 Å². The number of para-hydroxylation sites is 1. The molecule has 2 aromatic carbocycles. The lowest BCUT2D eigenvalue weighted by Crippen LogP contribution is -2.63. The molecule has 186 valence electrons. The van der Waals surface area contributed by atoms with Gasteiger partial charge < -0.3 is 20.6 Å². The van der Waals surface area contributed by atoms with Crippen molar-refractivity contribution in [2.24, 2.45) is 10.9 Å². The summed E-state index contributed by atoms with van der Waals surface area (Å²) in [6.45, 7) is 0. The molecule has 0 aromatic heterocycles. The monoisotopic (exact) mass is 504 g/mol. The molecule has 1 atom stereocenters. The van der Waals surface area contributed by atoms with Crippen molar-refractivity contribution < 1.29 is 19.5 Å². The van der Waals surface area contributed by atoms with Crippen LogP contribution < -0.4 is 15.5 Å². The number of hydrogen-bond acceptors (Lipinski definition) is 6. The van der Waals surface area contributed by atoms with Crippen LogP contribution in [-0.4, -0.2) is 46.8 Å². The van der Waals surface area contributed by atoms with E-state index in [1.165, 1.54) is 0 Å². The maximum Gasteiger partial charge on any atom is 0.321 e. The zero-order valence-corrected chi connectivity index (χ0v) is 20.8. The molecule has 0 saturated heterocycles. The Morgan fingerprint density at radius 1 is 1.11 bits per heavy atom. The molecule has 9 heteroatoms. The molecule has 2 heterocycles. The summed E-state index contributed by atoms with van der Waals surface area (Å²) in [6, 6.07) is 13.7. The van der Waals surface area contributed by atoms with Crippen LogP contribution in [0.2, 0.25) is 0 Å². The number of hydrogen-bond donors (Lipinski definition) is 3. The summed E-state index contributed by atoms with van der Waals surface area (Å²) in [5.74, 6) is -0.141. The number of aliphatic hydroxyl groups is 1. The lowest BCUT2D eigenvalue weighted by Gasteiger charge is -2.40. The average molecular weight is 505 g/mol. The molecule has 1 aliphatic carbocycles. The van der Waals surface area contributed by atoms with E-state index in [-0.39, 0.29) is 34.0 Å². The number of nitrogens with zero attached hydrogens (tertiary/aromatic N) is 2. The van der Waals surface area contributed by atoms with Crippen LogP contribution in [0, 0.1) is 5.92 Å². The van der Waals surface area contributed by atoms with E-state index in [2.05, 4.69) is 10.6 Å². The summed E-state index contributed by atoms with van der Waals surface area (Å²) in [6.07, 6.45) is 6.31. The van der Waals surface area contributed by atoms with E-state index in [1.807, 2.05) is 24.3 Å². The molecule has 1 unspecified atom stereocenters. The SMILES string of the molecule is CN1C(=O)C(NC(=O)Nc2cccc(C3=C(O)CSC3=O)c2)(C2CCCCC2)N=Cc2ccccc21. The van der Waals surface area contributed by atoms with Gasteiger partial charge in [0, 0.05) is 30.4 Å². The first-order valence-electron chi connectivity index (χ1n) is 12.1. The molecule has 0 spiro atoms. The zero-order valence-electron chi connectivity index (χ0n) is 20.0. The molecule has 0 radical (unpaired) electrons. The third-order valence-corrected chi connectivity index (χ3v) is 7.96. The second-order valence-electron chi connectivity index (χ2n) is 9.34. The van der Waals surface area contributed by atoms with Gasteiger partial charge in [-0.3, -0.25) is 14.6 Å². The fourth-order valence-corrected chi connectivity index (χ4v) is 6.04. The van der Waals surface area contributed by atoms with E-state index in [9.17, 15) is 19.5 Å². The number of rotatable bonds is 4. The Hall–Kier alpha value is -3.59. The predicted octanol–water partition coefficient (Wildman–Crippen LogP) is 4.72. The molecular weight excluding hydrogens is 476 g/mol. The van der Waals surface area contributed by atoms with Crippen molar-refractivity contribution in [3.8, 4) is 0 Å². The summed E-state index contributed by atoms with van der Waals surface area (Å²) >= 11 is 1.04. The van der Waals surface area contributed by atoms with Crippen molar-refractivity contribution >= 4 is 52.0 Å². The van der Waals surface area contributed by atoms with Gasteiger partial charge in [0.05, 0.1) is 17.0 Å². The van der Waals surface area contributed by atoms with Gasteiger partial charge in [-0.1, -0.05) is 61.4 Å². The van der Waals surface area contributed by atoms with Crippen LogP contribution >= 0.6 is 11.8 Å². The van der Waals surface area contributed by atoms with Gasteiger partial charge in [0.25, 0.3) is 5.91 Å². The number of fused-ring (bicyclic) bond motifs is 1. The Kier molecular flexibility index (Phi) is 6.57. The van der Waals surface area contributed by atoms with Crippen LogP contribution in [0.1, 0.15) is 43.2 Å². The first kappa shape index (κ1) is 24.1. The highest BCUT2D eigenvalue weighted by atomic mass is 32.2. The minimum atomic E-state index is -1.44. The van der Waals surface area contributed by atoms with Crippen LogP contribution in [0.3, 0.4) is 0 Å². The Bertz CT molecular complexity index is 1280. The highest BCUT2D eigenvalue weighted by Gasteiger charge is 2.49. The van der Waals surface area contributed by atoms with Crippen LogP contribution in [0.25, 0.3) is 5.57 Å². The van der Waals surface area contributed by atoms with Crippen molar-refractivity contribution in [2.45, 2.75) is 37.8 Å². The molecule has 3 amide bonds. The molecule has 1 fully saturated rings. The number of anilines is 2. The van der Waals surface area contributed by atoms with Crippen LogP contribution in [0.15, 0.2) is 59.3 Å². The number of benzodiazepines with no additional fused rings is 1. The molecule has 2 aromatic rings. The predicted molar refractivity (Wildman–Crippen MR) is 142 cm³/mol. The fraction of sp³-hybridized carbons (Fsp3) is 0.333. The first-order chi connectivity index (χ1) is 17.4. The smallest absolute Gasteiger partial charge is 0.321 e. The molecule has 3 aliphatic rings.